The molecule has 160 valence electrons. The summed E-state index contributed by atoms with van der Waals surface area (Å²) < 4.78 is 0.212. The monoisotopic (exact) mass is 464 g/mol. The number of hydrogen-bond donors (Lipinski definition) is 1. The number of carbonyl (C=O) groups excluding carboxylic acids is 3. The van der Waals surface area contributed by atoms with Gasteiger partial charge in [0, 0.05) is 0 Å². The Bertz CT molecular complexity index is 1190. The largest absolute Gasteiger partial charge is 0.478 e. The summed E-state index contributed by atoms with van der Waals surface area (Å²) in [4.78, 5) is 52.1. The molecule has 7 nitrogen and oxygen atoms in total. The van der Waals surface area contributed by atoms with Crippen LogP contribution in [0.2, 0.25) is 0 Å². The minimum absolute atomic E-state index is 0.0371. The normalized spacial score (nSPS) is 20.2. The molecule has 2 aliphatic rings. The molecule has 32 heavy (non-hydrogen) atoms. The van der Waals surface area contributed by atoms with Crippen molar-refractivity contribution >= 4 is 63.8 Å². The third-order valence-electron chi connectivity index (χ3n) is 4.97. The molecule has 0 saturated carbocycles. The van der Waals surface area contributed by atoms with Crippen LogP contribution in [-0.4, -0.2) is 44.1 Å². The maximum absolute atomic E-state index is 13.0. The zero-order chi connectivity index (χ0) is 22.8. The molecule has 0 radical (unpaired) electrons. The number of carboxylic acid groups (broad SMARTS) is 1. The minimum atomic E-state index is -1.11. The van der Waals surface area contributed by atoms with Crippen LogP contribution in [0.4, 0.5) is 5.69 Å². The molecule has 2 aromatic carbocycles. The summed E-state index contributed by atoms with van der Waals surface area (Å²) in [5.74, 6) is -2.59. The van der Waals surface area contributed by atoms with Crippen molar-refractivity contribution in [3.63, 3.8) is 0 Å². The van der Waals surface area contributed by atoms with Crippen molar-refractivity contribution in [3.8, 4) is 0 Å². The molecule has 9 heteroatoms. The molecule has 0 bridgehead atoms. The average molecular weight is 465 g/mol. The van der Waals surface area contributed by atoms with Gasteiger partial charge < -0.3 is 5.11 Å². The number of benzene rings is 2. The zero-order valence-corrected chi connectivity index (χ0v) is 18.1. The lowest BCUT2D eigenvalue weighted by Gasteiger charge is -2.21. The number of carboxylic acids is 1. The first-order valence-corrected chi connectivity index (χ1v) is 10.8. The molecule has 3 amide bonds. The predicted molar refractivity (Wildman–Crippen MR) is 125 cm³/mol. The van der Waals surface area contributed by atoms with Gasteiger partial charge in [0.15, 0.2) is 0 Å². The fourth-order valence-electron chi connectivity index (χ4n) is 3.42. The minimum Gasteiger partial charge on any atom is -0.478 e. The third-order valence-corrected chi connectivity index (χ3v) is 6.31. The molecule has 0 aliphatic carbocycles. The summed E-state index contributed by atoms with van der Waals surface area (Å²) in [5, 5.41) is 9.02. The Labute approximate surface area is 193 Å². The summed E-state index contributed by atoms with van der Waals surface area (Å²) in [5.41, 5.74) is 1.26. The van der Waals surface area contributed by atoms with Crippen molar-refractivity contribution in [3.05, 3.63) is 82.8 Å². The standard InChI is InChI=1S/C23H16N2O5S2/c26-19-13-17(20(27)24(19)16-11-9-15(10-12-16)22(29)30)25-21(28)18(32-23(25)31)8-4-7-14-5-2-1-3-6-14/h1-12,17H,13H2,(H,29,30)/b7-4+,18-8-. The molecular weight excluding hydrogens is 448 g/mol. The zero-order valence-electron chi connectivity index (χ0n) is 16.5. The number of amides is 3. The third kappa shape index (κ3) is 4.12. The van der Waals surface area contributed by atoms with Crippen LogP contribution in [0.1, 0.15) is 22.3 Å². The highest BCUT2D eigenvalue weighted by Gasteiger charge is 2.48. The smallest absolute Gasteiger partial charge is 0.335 e. The second-order valence-electron chi connectivity index (χ2n) is 6.98. The number of hydrogen-bond acceptors (Lipinski definition) is 6. The molecule has 2 aromatic rings. The van der Waals surface area contributed by atoms with Crippen LogP contribution in [0, 0.1) is 0 Å². The Morgan fingerprint density at radius 3 is 2.41 bits per heavy atom. The molecule has 1 atom stereocenters. The van der Waals surface area contributed by atoms with Crippen molar-refractivity contribution in [1.82, 2.24) is 4.90 Å². The summed E-state index contributed by atoms with van der Waals surface area (Å²) in [7, 11) is 0. The van der Waals surface area contributed by atoms with Gasteiger partial charge in [-0.3, -0.25) is 19.3 Å². The van der Waals surface area contributed by atoms with Crippen LogP contribution in [0.5, 0.6) is 0 Å². The van der Waals surface area contributed by atoms with E-state index in [0.717, 1.165) is 22.2 Å². The van der Waals surface area contributed by atoms with Crippen molar-refractivity contribution in [2.75, 3.05) is 4.90 Å². The van der Waals surface area contributed by atoms with Gasteiger partial charge in [0.1, 0.15) is 10.4 Å². The Hall–Kier alpha value is -3.56. The number of aromatic carboxylic acids is 1. The van der Waals surface area contributed by atoms with E-state index in [1.807, 2.05) is 36.4 Å². The van der Waals surface area contributed by atoms with Gasteiger partial charge in [0.2, 0.25) is 5.91 Å². The second-order valence-corrected chi connectivity index (χ2v) is 8.66. The van der Waals surface area contributed by atoms with Gasteiger partial charge >= 0.3 is 5.97 Å². The van der Waals surface area contributed by atoms with Gasteiger partial charge in [0.25, 0.3) is 11.8 Å². The van der Waals surface area contributed by atoms with E-state index >= 15 is 0 Å². The number of thiocarbonyl (C=S) groups is 1. The molecule has 2 saturated heterocycles. The fourth-order valence-corrected chi connectivity index (χ4v) is 4.72. The summed E-state index contributed by atoms with van der Waals surface area (Å²) in [6, 6.07) is 13.9. The summed E-state index contributed by atoms with van der Waals surface area (Å²) in [6.07, 6.45) is 5.02. The molecule has 4 rings (SSSR count). The van der Waals surface area contributed by atoms with Gasteiger partial charge in [-0.1, -0.05) is 66.5 Å². The van der Waals surface area contributed by atoms with Crippen LogP contribution in [-0.2, 0) is 14.4 Å². The Kier molecular flexibility index (Phi) is 6.02. The molecule has 0 aromatic heterocycles. The lowest BCUT2D eigenvalue weighted by atomic mass is 10.2. The summed E-state index contributed by atoms with van der Waals surface area (Å²) >= 11 is 6.40. The Morgan fingerprint density at radius 2 is 1.75 bits per heavy atom. The van der Waals surface area contributed by atoms with E-state index in [4.69, 9.17) is 17.3 Å². The lowest BCUT2D eigenvalue weighted by molar-refractivity contribution is -0.130. The summed E-state index contributed by atoms with van der Waals surface area (Å²) in [6.45, 7) is 0. The van der Waals surface area contributed by atoms with E-state index in [1.54, 1.807) is 12.2 Å². The van der Waals surface area contributed by atoms with Crippen molar-refractivity contribution in [2.24, 2.45) is 0 Å². The predicted octanol–water partition coefficient (Wildman–Crippen LogP) is 3.47. The molecular formula is C23H16N2O5S2. The first-order chi connectivity index (χ1) is 15.4. The van der Waals surface area contributed by atoms with E-state index in [2.05, 4.69) is 0 Å². The fraction of sp³-hybridized carbons (Fsp3) is 0.0870. The molecule has 2 aliphatic heterocycles. The number of thioether (sulfide) groups is 1. The van der Waals surface area contributed by atoms with E-state index in [9.17, 15) is 19.2 Å². The molecule has 2 fully saturated rings. The number of nitrogens with zero attached hydrogens (tertiary/aromatic N) is 2. The lowest BCUT2D eigenvalue weighted by Crippen LogP contribution is -2.44. The highest BCUT2D eigenvalue weighted by atomic mass is 32.2. The van der Waals surface area contributed by atoms with E-state index in [-0.39, 0.29) is 22.0 Å². The molecule has 0 spiro atoms. The Balaban J connectivity index is 1.52. The topological polar surface area (TPSA) is 95.0 Å². The molecule has 1 unspecified atom stereocenters. The van der Waals surface area contributed by atoms with E-state index in [0.29, 0.717) is 4.91 Å². The van der Waals surface area contributed by atoms with Gasteiger partial charge in [-0.05, 0) is 35.9 Å². The maximum Gasteiger partial charge on any atom is 0.335 e. The average Bonchev–Trinajstić information content (AvgIpc) is 3.22. The first kappa shape index (κ1) is 21.7. The van der Waals surface area contributed by atoms with Gasteiger partial charge in [-0.15, -0.1) is 0 Å². The van der Waals surface area contributed by atoms with Crippen molar-refractivity contribution in [2.45, 2.75) is 12.5 Å². The second kappa shape index (κ2) is 8.89. The first-order valence-electron chi connectivity index (χ1n) is 9.56. The Morgan fingerprint density at radius 1 is 1.06 bits per heavy atom. The van der Waals surface area contributed by atoms with Gasteiger partial charge in [-0.25, -0.2) is 9.69 Å². The van der Waals surface area contributed by atoms with Crippen LogP contribution in [0.15, 0.2) is 71.7 Å². The maximum atomic E-state index is 13.0. The number of rotatable bonds is 5. The highest BCUT2D eigenvalue weighted by Crippen LogP contribution is 2.36. The van der Waals surface area contributed by atoms with Gasteiger partial charge in [-0.2, -0.15) is 0 Å². The van der Waals surface area contributed by atoms with Crippen LogP contribution in [0.25, 0.3) is 6.08 Å². The molecule has 2 heterocycles. The quantitative estimate of drug-likeness (QED) is 0.411. The highest BCUT2D eigenvalue weighted by molar-refractivity contribution is 8.26. The van der Waals surface area contributed by atoms with E-state index in [1.165, 1.54) is 29.2 Å². The van der Waals surface area contributed by atoms with Gasteiger partial charge in [0.05, 0.1) is 22.6 Å². The van der Waals surface area contributed by atoms with Crippen LogP contribution < -0.4 is 4.90 Å². The van der Waals surface area contributed by atoms with Crippen LogP contribution in [0.3, 0.4) is 0 Å². The van der Waals surface area contributed by atoms with E-state index < -0.39 is 29.7 Å². The molecule has 1 N–H and O–H groups in total. The number of imide groups is 1. The number of anilines is 1. The number of allylic oxidation sites excluding steroid dienone is 2. The SMILES string of the molecule is O=C(O)c1ccc(N2C(=O)CC(N3C(=O)/C(=C/C=C/c4ccccc4)SC3=S)C2=O)cc1. The van der Waals surface area contributed by atoms with Crippen molar-refractivity contribution in [1.29, 1.82) is 0 Å². The van der Waals surface area contributed by atoms with Crippen LogP contribution >= 0.6 is 24.0 Å². The number of carbonyl (C=O) groups is 4. The van der Waals surface area contributed by atoms with Crippen molar-refractivity contribution < 1.29 is 24.3 Å².